The van der Waals surface area contributed by atoms with E-state index in [0.29, 0.717) is 25.7 Å². The largest absolute Gasteiger partial charge is 0.368 e. The lowest BCUT2D eigenvalue weighted by atomic mass is 9.51. The third kappa shape index (κ3) is 3.46. The second-order valence-corrected chi connectivity index (χ2v) is 11.7. The molecular formula is C26H33NO4. The second kappa shape index (κ2) is 6.85. The molecule has 31 heavy (non-hydrogen) atoms. The van der Waals surface area contributed by atoms with Gasteiger partial charge >= 0.3 is 0 Å². The zero-order chi connectivity index (χ0) is 22.8. The van der Waals surface area contributed by atoms with Gasteiger partial charge in [0.1, 0.15) is 34.0 Å². The van der Waals surface area contributed by atoms with Crippen LogP contribution in [-0.4, -0.2) is 36.2 Å². The molecule has 0 amide bonds. The zero-order valence-electron chi connectivity index (χ0n) is 19.3. The van der Waals surface area contributed by atoms with E-state index in [4.69, 9.17) is 0 Å². The first-order valence-corrected chi connectivity index (χ1v) is 11.2. The molecule has 0 aromatic heterocycles. The topological polar surface area (TPSA) is 71.5 Å². The monoisotopic (exact) mass is 423 g/mol. The van der Waals surface area contributed by atoms with Crippen LogP contribution in [-0.2, 0) is 19.2 Å². The first kappa shape index (κ1) is 21.9. The molecule has 3 fully saturated rings. The number of carbonyl (C=O) groups is 4. The lowest BCUT2D eigenvalue weighted by molar-refractivity contribution is -0.159. The maximum absolute atomic E-state index is 13.6. The van der Waals surface area contributed by atoms with Crippen LogP contribution in [0.2, 0.25) is 0 Å². The molecule has 2 saturated carbocycles. The molecule has 0 radical (unpaired) electrons. The van der Waals surface area contributed by atoms with Crippen molar-refractivity contribution < 1.29 is 19.2 Å². The molecule has 1 aromatic carbocycles. The Balaban J connectivity index is 1.86. The highest BCUT2D eigenvalue weighted by Crippen LogP contribution is 2.54. The third-order valence-corrected chi connectivity index (χ3v) is 7.67. The summed E-state index contributed by atoms with van der Waals surface area (Å²) in [5, 5.41) is 0. The first-order chi connectivity index (χ1) is 14.3. The highest BCUT2D eigenvalue weighted by atomic mass is 16.2. The van der Waals surface area contributed by atoms with Gasteiger partial charge in [-0.1, -0.05) is 45.9 Å². The van der Waals surface area contributed by atoms with Gasteiger partial charge in [0.15, 0.2) is 0 Å². The number of piperidine rings is 1. The van der Waals surface area contributed by atoms with Gasteiger partial charge in [-0.3, -0.25) is 19.2 Å². The predicted molar refractivity (Wildman–Crippen MR) is 119 cm³/mol. The van der Waals surface area contributed by atoms with Gasteiger partial charge in [0.25, 0.3) is 0 Å². The molecule has 2 aliphatic carbocycles. The van der Waals surface area contributed by atoms with Crippen LogP contribution in [0.25, 0.3) is 0 Å². The van der Waals surface area contributed by atoms with E-state index in [1.165, 1.54) is 0 Å². The van der Waals surface area contributed by atoms with Gasteiger partial charge in [-0.15, -0.1) is 0 Å². The molecule has 0 bridgehead atoms. The Morgan fingerprint density at radius 2 is 1.06 bits per heavy atom. The van der Waals surface area contributed by atoms with E-state index < -0.39 is 10.8 Å². The van der Waals surface area contributed by atoms with Gasteiger partial charge in [-0.25, -0.2) is 0 Å². The molecule has 166 valence electrons. The molecule has 1 heterocycles. The molecule has 3 aliphatic rings. The second-order valence-electron chi connectivity index (χ2n) is 11.7. The Kier molecular flexibility index (Phi) is 4.84. The van der Waals surface area contributed by atoms with Crippen molar-refractivity contribution in [2.45, 2.75) is 66.7 Å². The first-order valence-electron chi connectivity index (χ1n) is 11.2. The Labute approximate surface area is 184 Å². The van der Waals surface area contributed by atoms with Crippen molar-refractivity contribution in [3.05, 3.63) is 29.8 Å². The standard InChI is InChI=1S/C26H33NO4/c1-17-8-6-7-9-18(17)27-15-25(19(28)10-23(2,3)11-20(25)29)14-26(16-27)21(30)12-24(4,5)13-22(26)31/h6-9H,10-16H2,1-5H3. The van der Waals surface area contributed by atoms with Crippen molar-refractivity contribution >= 4 is 28.8 Å². The number of carbonyl (C=O) groups excluding carboxylic acids is 4. The van der Waals surface area contributed by atoms with Gasteiger partial charge in [0.2, 0.25) is 0 Å². The van der Waals surface area contributed by atoms with Gasteiger partial charge in [0.05, 0.1) is 0 Å². The normalized spacial score (nSPS) is 26.5. The molecule has 2 spiro atoms. The van der Waals surface area contributed by atoms with Crippen LogP contribution in [0.5, 0.6) is 0 Å². The fourth-order valence-corrected chi connectivity index (χ4v) is 6.02. The summed E-state index contributed by atoms with van der Waals surface area (Å²) in [4.78, 5) is 56.2. The molecule has 5 nitrogen and oxygen atoms in total. The number of nitrogens with zero attached hydrogens (tertiary/aromatic N) is 1. The van der Waals surface area contributed by atoms with E-state index >= 15 is 0 Å². The molecule has 1 aliphatic heterocycles. The molecule has 0 atom stereocenters. The Hall–Kier alpha value is -2.30. The van der Waals surface area contributed by atoms with E-state index in [1.807, 2.05) is 63.8 Å². The lowest BCUT2D eigenvalue weighted by Crippen LogP contribution is -2.67. The van der Waals surface area contributed by atoms with E-state index in [2.05, 4.69) is 0 Å². The summed E-state index contributed by atoms with van der Waals surface area (Å²) >= 11 is 0. The molecule has 1 saturated heterocycles. The number of hydrogen-bond donors (Lipinski definition) is 0. The minimum absolute atomic E-state index is 0.0455. The van der Waals surface area contributed by atoms with Crippen molar-refractivity contribution in [2.24, 2.45) is 21.7 Å². The zero-order valence-corrected chi connectivity index (χ0v) is 19.3. The Morgan fingerprint density at radius 3 is 1.45 bits per heavy atom. The Bertz CT molecular complexity index is 891. The van der Waals surface area contributed by atoms with Gasteiger partial charge < -0.3 is 4.90 Å². The smallest absolute Gasteiger partial charge is 0.148 e. The summed E-state index contributed by atoms with van der Waals surface area (Å²) in [6.07, 6.45) is 1.23. The Morgan fingerprint density at radius 1 is 0.677 bits per heavy atom. The number of rotatable bonds is 1. The van der Waals surface area contributed by atoms with Crippen molar-refractivity contribution in [3.8, 4) is 0 Å². The number of anilines is 1. The van der Waals surface area contributed by atoms with E-state index in [9.17, 15) is 19.2 Å². The molecular weight excluding hydrogens is 390 g/mol. The number of benzene rings is 1. The van der Waals surface area contributed by atoms with Crippen LogP contribution in [0.1, 0.15) is 65.4 Å². The molecule has 1 aromatic rings. The van der Waals surface area contributed by atoms with Crippen LogP contribution < -0.4 is 4.90 Å². The summed E-state index contributed by atoms with van der Waals surface area (Å²) in [5.74, 6) is -0.456. The highest BCUT2D eigenvalue weighted by molar-refractivity contribution is 6.15. The third-order valence-electron chi connectivity index (χ3n) is 7.67. The van der Waals surface area contributed by atoms with Crippen LogP contribution in [0.3, 0.4) is 0 Å². The highest BCUT2D eigenvalue weighted by Gasteiger charge is 2.64. The summed E-state index contributed by atoms with van der Waals surface area (Å²) in [5.41, 5.74) is -1.47. The number of para-hydroxylation sites is 1. The van der Waals surface area contributed by atoms with Crippen molar-refractivity contribution in [2.75, 3.05) is 18.0 Å². The van der Waals surface area contributed by atoms with Crippen LogP contribution >= 0.6 is 0 Å². The van der Waals surface area contributed by atoms with Crippen molar-refractivity contribution in [1.82, 2.24) is 0 Å². The van der Waals surface area contributed by atoms with Crippen LogP contribution in [0.4, 0.5) is 5.69 Å². The fourth-order valence-electron chi connectivity index (χ4n) is 6.02. The quantitative estimate of drug-likeness (QED) is 0.636. The van der Waals surface area contributed by atoms with Crippen molar-refractivity contribution in [1.29, 1.82) is 0 Å². The summed E-state index contributed by atoms with van der Waals surface area (Å²) in [6, 6.07) is 7.78. The van der Waals surface area contributed by atoms with Crippen LogP contribution in [0.15, 0.2) is 24.3 Å². The van der Waals surface area contributed by atoms with Crippen molar-refractivity contribution in [3.63, 3.8) is 0 Å². The van der Waals surface area contributed by atoms with Gasteiger partial charge in [-0.2, -0.15) is 0 Å². The average Bonchev–Trinajstić information content (AvgIpc) is 2.64. The summed E-state index contributed by atoms with van der Waals surface area (Å²) in [7, 11) is 0. The number of ketones is 4. The maximum Gasteiger partial charge on any atom is 0.148 e. The molecule has 5 heteroatoms. The maximum atomic E-state index is 13.6. The molecule has 0 N–H and O–H groups in total. The lowest BCUT2D eigenvalue weighted by Gasteiger charge is -2.55. The van der Waals surface area contributed by atoms with E-state index in [-0.39, 0.29) is 53.5 Å². The van der Waals surface area contributed by atoms with Crippen LogP contribution in [0, 0.1) is 28.6 Å². The summed E-state index contributed by atoms with van der Waals surface area (Å²) in [6.45, 7) is 10.2. The number of Topliss-reactive ketones (excluding diaryl/α,β-unsaturated/α-hetero) is 4. The number of hydrogen-bond acceptors (Lipinski definition) is 5. The average molecular weight is 424 g/mol. The van der Waals surface area contributed by atoms with E-state index in [1.54, 1.807) is 0 Å². The van der Waals surface area contributed by atoms with Gasteiger partial charge in [-0.05, 0) is 35.8 Å². The molecule has 4 rings (SSSR count). The van der Waals surface area contributed by atoms with Gasteiger partial charge in [0, 0.05) is 44.5 Å². The molecule has 0 unspecified atom stereocenters. The fraction of sp³-hybridized carbons (Fsp3) is 0.615. The number of aryl methyl sites for hydroxylation is 1. The SMILES string of the molecule is Cc1ccccc1N1CC2(CC3(C1)C(=O)CC(C)(C)CC3=O)C(=O)CC(C)(C)CC2=O. The predicted octanol–water partition coefficient (Wildman–Crippen LogP) is 4.09. The summed E-state index contributed by atoms with van der Waals surface area (Å²) < 4.78 is 0. The van der Waals surface area contributed by atoms with E-state index in [0.717, 1.165) is 11.3 Å². The minimum Gasteiger partial charge on any atom is -0.368 e. The minimum atomic E-state index is -1.29.